The highest BCUT2D eigenvalue weighted by Gasteiger charge is 2.08. The van der Waals surface area contributed by atoms with Crippen LogP contribution < -0.4 is 10.1 Å². The Kier molecular flexibility index (Phi) is 7.81. The van der Waals surface area contributed by atoms with Crippen molar-refractivity contribution in [2.75, 3.05) is 13.7 Å². The number of ether oxygens (including phenoxy) is 2. The lowest BCUT2D eigenvalue weighted by molar-refractivity contribution is -0.148. The van der Waals surface area contributed by atoms with Gasteiger partial charge in [0.15, 0.2) is 18.1 Å². The number of rotatable bonds is 9. The Labute approximate surface area is 130 Å². The zero-order valence-electron chi connectivity index (χ0n) is 13.1. The maximum absolute atomic E-state index is 11.6. The molecule has 6 nitrogen and oxygen atoms in total. The maximum atomic E-state index is 11.6. The van der Waals surface area contributed by atoms with E-state index in [-0.39, 0.29) is 30.8 Å². The second-order valence-electron chi connectivity index (χ2n) is 4.90. The average Bonchev–Trinajstić information content (AvgIpc) is 2.52. The van der Waals surface area contributed by atoms with Crippen molar-refractivity contribution in [3.63, 3.8) is 0 Å². The summed E-state index contributed by atoms with van der Waals surface area (Å²) in [5.74, 6) is -0.335. The Morgan fingerprint density at radius 1 is 1.27 bits per heavy atom. The van der Waals surface area contributed by atoms with Crippen molar-refractivity contribution in [2.45, 2.75) is 39.2 Å². The molecule has 0 atom stereocenters. The summed E-state index contributed by atoms with van der Waals surface area (Å²) in [6, 6.07) is 4.80. The average molecular weight is 309 g/mol. The van der Waals surface area contributed by atoms with E-state index in [1.807, 2.05) is 0 Å². The van der Waals surface area contributed by atoms with Crippen molar-refractivity contribution in [3.05, 3.63) is 23.8 Å². The number of nitrogens with one attached hydrogen (secondary N) is 1. The van der Waals surface area contributed by atoms with Gasteiger partial charge in [0.05, 0.1) is 7.11 Å². The molecular weight excluding hydrogens is 286 g/mol. The molecule has 0 spiro atoms. The van der Waals surface area contributed by atoms with Crippen LogP contribution in [0.2, 0.25) is 0 Å². The van der Waals surface area contributed by atoms with E-state index < -0.39 is 0 Å². The fraction of sp³-hybridized carbons (Fsp3) is 0.500. The van der Waals surface area contributed by atoms with E-state index in [9.17, 15) is 14.7 Å². The molecule has 0 aliphatic rings. The summed E-state index contributed by atoms with van der Waals surface area (Å²) < 4.78 is 9.87. The number of carbonyl (C=O) groups is 2. The lowest BCUT2D eigenvalue weighted by Crippen LogP contribution is -2.28. The zero-order valence-corrected chi connectivity index (χ0v) is 13.1. The van der Waals surface area contributed by atoms with Gasteiger partial charge in [0, 0.05) is 13.0 Å². The molecule has 1 aromatic rings. The molecule has 0 radical (unpaired) electrons. The summed E-state index contributed by atoms with van der Waals surface area (Å²) >= 11 is 0. The van der Waals surface area contributed by atoms with Gasteiger partial charge in [-0.05, 0) is 24.1 Å². The van der Waals surface area contributed by atoms with Crippen molar-refractivity contribution in [1.29, 1.82) is 0 Å². The second kappa shape index (κ2) is 9.65. The topological polar surface area (TPSA) is 84.9 Å². The van der Waals surface area contributed by atoms with Crippen LogP contribution in [-0.4, -0.2) is 30.7 Å². The van der Waals surface area contributed by atoms with Gasteiger partial charge in [0.2, 0.25) is 0 Å². The number of amides is 1. The fourth-order valence-corrected chi connectivity index (χ4v) is 1.82. The Balaban J connectivity index is 2.29. The monoisotopic (exact) mass is 309 g/mol. The van der Waals surface area contributed by atoms with Gasteiger partial charge >= 0.3 is 5.97 Å². The minimum atomic E-state index is -0.365. The van der Waals surface area contributed by atoms with Gasteiger partial charge < -0.3 is 19.9 Å². The highest BCUT2D eigenvalue weighted by atomic mass is 16.5. The number of esters is 1. The molecule has 0 fully saturated rings. The minimum absolute atomic E-state index is 0.0404. The van der Waals surface area contributed by atoms with E-state index in [4.69, 9.17) is 9.47 Å². The molecule has 0 aromatic heterocycles. The quantitative estimate of drug-likeness (QED) is 0.539. The number of hydrogen-bond donors (Lipinski definition) is 2. The van der Waals surface area contributed by atoms with Crippen molar-refractivity contribution in [2.24, 2.45) is 0 Å². The normalized spacial score (nSPS) is 10.1. The summed E-state index contributed by atoms with van der Waals surface area (Å²) in [4.78, 5) is 23.0. The highest BCUT2D eigenvalue weighted by Crippen LogP contribution is 2.26. The van der Waals surface area contributed by atoms with Gasteiger partial charge in [0.25, 0.3) is 5.91 Å². The molecule has 1 amide bonds. The van der Waals surface area contributed by atoms with Crippen LogP contribution >= 0.6 is 0 Å². The smallest absolute Gasteiger partial charge is 0.306 e. The molecule has 2 N–H and O–H groups in total. The van der Waals surface area contributed by atoms with Gasteiger partial charge in [-0.25, -0.2) is 0 Å². The third-order valence-electron chi connectivity index (χ3n) is 3.08. The van der Waals surface area contributed by atoms with Crippen LogP contribution in [0.15, 0.2) is 18.2 Å². The molecule has 6 heteroatoms. The van der Waals surface area contributed by atoms with Gasteiger partial charge in [-0.1, -0.05) is 25.8 Å². The SMILES string of the molecule is CCCCCC(=O)OCC(=O)NCc1ccc(O)c(OC)c1. The van der Waals surface area contributed by atoms with Gasteiger partial charge in [-0.3, -0.25) is 9.59 Å². The second-order valence-corrected chi connectivity index (χ2v) is 4.90. The van der Waals surface area contributed by atoms with Crippen LogP contribution in [0.5, 0.6) is 11.5 Å². The highest BCUT2D eigenvalue weighted by molar-refractivity contribution is 5.80. The third-order valence-corrected chi connectivity index (χ3v) is 3.08. The van der Waals surface area contributed by atoms with E-state index in [0.717, 1.165) is 24.8 Å². The van der Waals surface area contributed by atoms with E-state index in [2.05, 4.69) is 12.2 Å². The standard InChI is InChI=1S/C16H23NO5/c1-3-4-5-6-16(20)22-11-15(19)17-10-12-7-8-13(18)14(9-12)21-2/h7-9,18H,3-6,10-11H2,1-2H3,(H,17,19). The predicted molar refractivity (Wildman–Crippen MR) is 81.6 cm³/mol. The number of carbonyl (C=O) groups excluding carboxylic acids is 2. The number of hydrogen-bond acceptors (Lipinski definition) is 5. The molecule has 0 aliphatic carbocycles. The van der Waals surface area contributed by atoms with Crippen LogP contribution in [0.4, 0.5) is 0 Å². The molecule has 22 heavy (non-hydrogen) atoms. The van der Waals surface area contributed by atoms with E-state index >= 15 is 0 Å². The first kappa shape index (κ1) is 17.8. The Morgan fingerprint density at radius 3 is 2.73 bits per heavy atom. The van der Waals surface area contributed by atoms with Crippen molar-refractivity contribution >= 4 is 11.9 Å². The number of aromatic hydroxyl groups is 1. The first-order chi connectivity index (χ1) is 10.6. The maximum Gasteiger partial charge on any atom is 0.306 e. The van der Waals surface area contributed by atoms with Crippen LogP contribution in [-0.2, 0) is 20.9 Å². The summed E-state index contributed by atoms with van der Waals surface area (Å²) in [5, 5.41) is 12.1. The Morgan fingerprint density at radius 2 is 2.05 bits per heavy atom. The van der Waals surface area contributed by atoms with Crippen molar-refractivity contribution in [1.82, 2.24) is 5.32 Å². The molecule has 1 rings (SSSR count). The van der Waals surface area contributed by atoms with E-state index in [1.165, 1.54) is 13.2 Å². The van der Waals surface area contributed by atoms with Crippen LogP contribution in [0, 0.1) is 0 Å². The fourth-order valence-electron chi connectivity index (χ4n) is 1.82. The summed E-state index contributed by atoms with van der Waals surface area (Å²) in [6.07, 6.45) is 3.13. The molecular formula is C16H23NO5. The molecule has 0 saturated carbocycles. The Bertz CT molecular complexity index is 501. The van der Waals surface area contributed by atoms with Crippen LogP contribution in [0.1, 0.15) is 38.2 Å². The molecule has 1 aromatic carbocycles. The lowest BCUT2D eigenvalue weighted by atomic mass is 10.2. The molecule has 0 bridgehead atoms. The molecule has 0 saturated heterocycles. The molecule has 0 aliphatic heterocycles. The number of benzene rings is 1. The van der Waals surface area contributed by atoms with Gasteiger partial charge in [0.1, 0.15) is 0 Å². The van der Waals surface area contributed by atoms with Crippen molar-refractivity contribution < 1.29 is 24.2 Å². The summed E-state index contributed by atoms with van der Waals surface area (Å²) in [5.41, 5.74) is 0.775. The number of methoxy groups -OCH3 is 1. The number of phenolic OH excluding ortho intramolecular Hbond substituents is 1. The van der Waals surface area contributed by atoms with Crippen molar-refractivity contribution in [3.8, 4) is 11.5 Å². The predicted octanol–water partition coefficient (Wildman–Crippen LogP) is 2.14. The van der Waals surface area contributed by atoms with Gasteiger partial charge in [-0.2, -0.15) is 0 Å². The van der Waals surface area contributed by atoms with Crippen LogP contribution in [0.25, 0.3) is 0 Å². The van der Waals surface area contributed by atoms with E-state index in [1.54, 1.807) is 12.1 Å². The molecule has 0 heterocycles. The Hall–Kier alpha value is -2.24. The number of phenols is 1. The first-order valence-electron chi connectivity index (χ1n) is 7.35. The molecule has 122 valence electrons. The third kappa shape index (κ3) is 6.47. The van der Waals surface area contributed by atoms with Crippen LogP contribution in [0.3, 0.4) is 0 Å². The van der Waals surface area contributed by atoms with E-state index in [0.29, 0.717) is 12.2 Å². The largest absolute Gasteiger partial charge is 0.504 e. The minimum Gasteiger partial charge on any atom is -0.504 e. The lowest BCUT2D eigenvalue weighted by Gasteiger charge is -2.09. The number of unbranched alkanes of at least 4 members (excludes halogenated alkanes) is 2. The summed E-state index contributed by atoms with van der Waals surface area (Å²) in [7, 11) is 1.45. The molecule has 0 unspecified atom stereocenters. The van der Waals surface area contributed by atoms with Gasteiger partial charge in [-0.15, -0.1) is 0 Å². The summed E-state index contributed by atoms with van der Waals surface area (Å²) in [6.45, 7) is 2.04. The zero-order chi connectivity index (χ0) is 16.4. The first-order valence-corrected chi connectivity index (χ1v) is 7.35.